The first-order chi connectivity index (χ1) is 17.9. The number of carboxylic acids is 1. The number of carboxylic acid groups (broad SMARTS) is 1. The second-order valence-corrected chi connectivity index (χ2v) is 10.5. The molecule has 0 aliphatic carbocycles. The summed E-state index contributed by atoms with van der Waals surface area (Å²) in [7, 11) is -3.75. The van der Waals surface area contributed by atoms with Gasteiger partial charge in [0.15, 0.2) is 0 Å². The number of non-ortho nitro benzene ring substituents is 1. The van der Waals surface area contributed by atoms with Gasteiger partial charge in [-0.1, -0.05) is 0 Å². The summed E-state index contributed by atoms with van der Waals surface area (Å²) in [6.07, 6.45) is -0.822. The van der Waals surface area contributed by atoms with E-state index >= 15 is 0 Å². The van der Waals surface area contributed by atoms with E-state index < -0.39 is 27.0 Å². The third-order valence-electron chi connectivity index (χ3n) is 5.84. The summed E-state index contributed by atoms with van der Waals surface area (Å²) < 4.78 is 32.6. The lowest BCUT2D eigenvalue weighted by molar-refractivity contribution is -0.384. The maximum Gasteiger partial charge on any atom is 0.414 e. The predicted octanol–water partition coefficient (Wildman–Crippen LogP) is 1.30. The van der Waals surface area contributed by atoms with Crippen molar-refractivity contribution in [1.29, 1.82) is 5.41 Å². The summed E-state index contributed by atoms with van der Waals surface area (Å²) in [5.74, 6) is -0.886. The zero-order valence-corrected chi connectivity index (χ0v) is 21.3. The number of aliphatic carboxylic acids is 1. The fourth-order valence-corrected chi connectivity index (χ4v) is 5.40. The highest BCUT2D eigenvalue weighted by Crippen LogP contribution is 2.24. The van der Waals surface area contributed by atoms with Crippen molar-refractivity contribution in [2.45, 2.75) is 17.9 Å². The number of amidine groups is 1. The first-order valence-electron chi connectivity index (χ1n) is 11.5. The normalized spacial score (nSPS) is 18.3. The Hall–Kier alpha value is -4.08. The highest BCUT2D eigenvalue weighted by atomic mass is 32.2. The minimum absolute atomic E-state index is 0.0164. The van der Waals surface area contributed by atoms with Gasteiger partial charge in [-0.3, -0.25) is 30.1 Å². The molecule has 2 saturated heterocycles. The number of ether oxygens (including phenoxy) is 1. The van der Waals surface area contributed by atoms with E-state index in [2.05, 4.69) is 0 Å². The maximum absolute atomic E-state index is 12.9. The largest absolute Gasteiger partial charge is 0.481 e. The lowest BCUT2D eigenvalue weighted by Gasteiger charge is -2.34. The van der Waals surface area contributed by atoms with Crippen LogP contribution in [0.15, 0.2) is 53.4 Å². The molecule has 1 amide bonds. The van der Waals surface area contributed by atoms with Crippen LogP contribution in [0.25, 0.3) is 0 Å². The smallest absolute Gasteiger partial charge is 0.414 e. The molecule has 0 saturated carbocycles. The first kappa shape index (κ1) is 28.5. The highest BCUT2D eigenvalue weighted by Gasteiger charge is 2.35. The van der Waals surface area contributed by atoms with Crippen molar-refractivity contribution < 1.29 is 32.8 Å². The molecule has 0 bridgehead atoms. The molecule has 15 heteroatoms. The number of nitrogens with zero attached hydrogens (tertiary/aromatic N) is 4. The van der Waals surface area contributed by atoms with Gasteiger partial charge < -0.3 is 15.6 Å². The van der Waals surface area contributed by atoms with Gasteiger partial charge in [0, 0.05) is 63.0 Å². The molecule has 1 unspecified atom stereocenters. The number of rotatable bonds is 7. The SMILES string of the molecule is CC(=O)O.N=C(N)c1ccc(N2CC(CN3CCN(S(=O)(=O)c4ccc([N+](=O)[O-])cc4)CC3)OC2=O)cc1. The standard InChI is InChI=1S/C21H24N6O6S.C2H4O2/c22-20(23)15-1-3-16(4-2-15)26-14-18(33-21(26)28)13-24-9-11-25(12-10-24)34(31,32)19-7-5-17(6-8-19)27(29)30;1-2(3)4/h1-8,18H,9-14H2,(H3,22,23);1H3,(H,3,4). The van der Waals surface area contributed by atoms with Crippen molar-refractivity contribution in [2.75, 3.05) is 44.2 Å². The second-order valence-electron chi connectivity index (χ2n) is 8.55. The molecule has 4 rings (SSSR count). The van der Waals surface area contributed by atoms with Crippen LogP contribution < -0.4 is 10.6 Å². The molecule has 0 radical (unpaired) electrons. The lowest BCUT2D eigenvalue weighted by atomic mass is 10.2. The molecule has 14 nitrogen and oxygen atoms in total. The fraction of sp³-hybridized carbons (Fsp3) is 0.348. The number of sulfonamides is 1. The Morgan fingerprint density at radius 3 is 2.18 bits per heavy atom. The van der Waals surface area contributed by atoms with E-state index in [0.717, 1.165) is 6.92 Å². The fourth-order valence-electron chi connectivity index (χ4n) is 3.98. The average Bonchev–Trinajstić information content (AvgIpc) is 3.23. The van der Waals surface area contributed by atoms with Crippen molar-refractivity contribution in [3.05, 3.63) is 64.2 Å². The van der Waals surface area contributed by atoms with Crippen LogP contribution in [0.2, 0.25) is 0 Å². The Kier molecular flexibility index (Phi) is 8.98. The lowest BCUT2D eigenvalue weighted by Crippen LogP contribution is -2.50. The average molecular weight is 549 g/mol. The molecular formula is C23H28N6O8S. The molecule has 2 aromatic rings. The summed E-state index contributed by atoms with van der Waals surface area (Å²) in [4.78, 5) is 35.1. The van der Waals surface area contributed by atoms with Gasteiger partial charge in [-0.2, -0.15) is 4.31 Å². The third kappa shape index (κ3) is 7.02. The quantitative estimate of drug-likeness (QED) is 0.196. The van der Waals surface area contributed by atoms with Gasteiger partial charge >= 0.3 is 6.09 Å². The van der Waals surface area contributed by atoms with Crippen LogP contribution >= 0.6 is 0 Å². The van der Waals surface area contributed by atoms with Crippen LogP contribution in [0.3, 0.4) is 0 Å². The van der Waals surface area contributed by atoms with E-state index in [4.69, 9.17) is 25.8 Å². The van der Waals surface area contributed by atoms with E-state index in [-0.39, 0.29) is 35.6 Å². The van der Waals surface area contributed by atoms with E-state index in [1.807, 2.05) is 4.90 Å². The van der Waals surface area contributed by atoms with Crippen molar-refractivity contribution in [1.82, 2.24) is 9.21 Å². The Balaban J connectivity index is 0.000000934. The molecule has 0 spiro atoms. The highest BCUT2D eigenvalue weighted by molar-refractivity contribution is 7.89. The van der Waals surface area contributed by atoms with Crippen molar-refractivity contribution in [2.24, 2.45) is 5.73 Å². The monoisotopic (exact) mass is 548 g/mol. The van der Waals surface area contributed by atoms with E-state index in [9.17, 15) is 23.3 Å². The molecule has 2 aliphatic rings. The number of benzene rings is 2. The number of nitrogen functional groups attached to an aromatic ring is 1. The number of nitro benzene ring substituents is 1. The van der Waals surface area contributed by atoms with E-state index in [1.54, 1.807) is 24.3 Å². The minimum atomic E-state index is -3.75. The number of nitrogens with one attached hydrogen (secondary N) is 1. The van der Waals surface area contributed by atoms with Crippen LogP contribution in [-0.4, -0.2) is 90.9 Å². The summed E-state index contributed by atoms with van der Waals surface area (Å²) in [6, 6.07) is 11.6. The van der Waals surface area contributed by atoms with Crippen LogP contribution in [0.4, 0.5) is 16.2 Å². The van der Waals surface area contributed by atoms with Crippen LogP contribution in [-0.2, 0) is 19.6 Å². The van der Waals surface area contributed by atoms with Gasteiger partial charge in [0.05, 0.1) is 16.4 Å². The number of nitro groups is 1. The number of hydrogen-bond donors (Lipinski definition) is 3. The number of hydrogen-bond acceptors (Lipinski definition) is 9. The molecule has 204 valence electrons. The first-order valence-corrected chi connectivity index (χ1v) is 12.9. The molecule has 38 heavy (non-hydrogen) atoms. The van der Waals surface area contributed by atoms with Crippen LogP contribution in [0.1, 0.15) is 12.5 Å². The number of cyclic esters (lactones) is 1. The van der Waals surface area contributed by atoms with Gasteiger partial charge in [0.25, 0.3) is 11.7 Å². The molecular weight excluding hydrogens is 520 g/mol. The van der Waals surface area contributed by atoms with Crippen molar-refractivity contribution in [3.63, 3.8) is 0 Å². The number of anilines is 1. The second kappa shape index (κ2) is 12.0. The summed E-state index contributed by atoms with van der Waals surface area (Å²) in [5.41, 5.74) is 6.51. The maximum atomic E-state index is 12.9. The number of nitrogens with two attached hydrogens (primary N) is 1. The zero-order chi connectivity index (χ0) is 28.0. The van der Waals surface area contributed by atoms with Gasteiger partial charge in [0.1, 0.15) is 11.9 Å². The molecule has 0 aromatic heterocycles. The zero-order valence-electron chi connectivity index (χ0n) is 20.5. The summed E-state index contributed by atoms with van der Waals surface area (Å²) >= 11 is 0. The Bertz CT molecular complexity index is 1290. The summed E-state index contributed by atoms with van der Waals surface area (Å²) in [5, 5.41) is 25.7. The molecule has 1 atom stereocenters. The van der Waals surface area contributed by atoms with Gasteiger partial charge in [-0.05, 0) is 36.4 Å². The molecule has 2 aromatic carbocycles. The Labute approximate surface area is 218 Å². The van der Waals surface area contributed by atoms with E-state index in [1.165, 1.54) is 33.5 Å². The van der Waals surface area contributed by atoms with Crippen LogP contribution in [0, 0.1) is 15.5 Å². The summed E-state index contributed by atoms with van der Waals surface area (Å²) in [6.45, 7) is 3.37. The van der Waals surface area contributed by atoms with Gasteiger partial charge in [-0.15, -0.1) is 0 Å². The van der Waals surface area contributed by atoms with Crippen molar-refractivity contribution in [3.8, 4) is 0 Å². The third-order valence-corrected chi connectivity index (χ3v) is 7.76. The molecule has 2 aliphatic heterocycles. The Morgan fingerprint density at radius 1 is 1.13 bits per heavy atom. The minimum Gasteiger partial charge on any atom is -0.481 e. The number of carbonyl (C=O) groups excluding carboxylic acids is 1. The number of piperazine rings is 1. The number of carbonyl (C=O) groups is 2. The topological polar surface area (TPSA) is 200 Å². The van der Waals surface area contributed by atoms with Crippen LogP contribution in [0.5, 0.6) is 0 Å². The number of amides is 1. The Morgan fingerprint density at radius 2 is 1.68 bits per heavy atom. The van der Waals surface area contributed by atoms with Gasteiger partial charge in [-0.25, -0.2) is 13.2 Å². The van der Waals surface area contributed by atoms with Gasteiger partial charge in [0.2, 0.25) is 10.0 Å². The predicted molar refractivity (Wildman–Crippen MR) is 137 cm³/mol. The molecule has 2 fully saturated rings. The molecule has 4 N–H and O–H groups in total. The molecule has 2 heterocycles. The van der Waals surface area contributed by atoms with E-state index in [0.29, 0.717) is 37.4 Å². The van der Waals surface area contributed by atoms with Crippen molar-refractivity contribution >= 4 is 39.3 Å².